The molecule has 27 heavy (non-hydrogen) atoms. The van der Waals surface area contributed by atoms with E-state index in [1.165, 1.54) is 0 Å². The van der Waals surface area contributed by atoms with Crippen molar-refractivity contribution in [1.29, 1.82) is 0 Å². The Bertz CT molecular complexity index is 712. The summed E-state index contributed by atoms with van der Waals surface area (Å²) in [4.78, 5) is 16.6. The first-order valence-electron chi connectivity index (χ1n) is 8.88. The molecule has 2 aromatic carbocycles. The van der Waals surface area contributed by atoms with Crippen molar-refractivity contribution in [3.8, 4) is 11.5 Å². The zero-order valence-electron chi connectivity index (χ0n) is 16.7. The van der Waals surface area contributed by atoms with Crippen LogP contribution in [0.1, 0.15) is 17.2 Å². The summed E-state index contributed by atoms with van der Waals surface area (Å²) in [6.45, 7) is 1.05. The molecule has 146 valence electrons. The zero-order chi connectivity index (χ0) is 19.8. The molecule has 2 rings (SSSR count). The van der Waals surface area contributed by atoms with Crippen LogP contribution in [-0.4, -0.2) is 57.7 Å². The van der Waals surface area contributed by atoms with Gasteiger partial charge in [-0.3, -0.25) is 0 Å². The van der Waals surface area contributed by atoms with Gasteiger partial charge in [0.05, 0.1) is 32.4 Å². The molecule has 0 aliphatic heterocycles. The Morgan fingerprint density at radius 3 is 2.07 bits per heavy atom. The van der Waals surface area contributed by atoms with Gasteiger partial charge in [0.1, 0.15) is 11.5 Å². The van der Waals surface area contributed by atoms with E-state index in [1.54, 1.807) is 19.1 Å². The van der Waals surface area contributed by atoms with Crippen molar-refractivity contribution in [2.45, 2.75) is 12.6 Å². The van der Waals surface area contributed by atoms with E-state index in [1.807, 2.05) is 69.7 Å². The molecule has 6 nitrogen and oxygen atoms in total. The number of methoxy groups -OCH3 is 2. The van der Waals surface area contributed by atoms with Crippen LogP contribution in [0.3, 0.4) is 0 Å². The summed E-state index contributed by atoms with van der Waals surface area (Å²) < 4.78 is 10.8. The third-order valence-corrected chi connectivity index (χ3v) is 4.46. The highest BCUT2D eigenvalue weighted by atomic mass is 16.5. The average Bonchev–Trinajstić information content (AvgIpc) is 2.69. The van der Waals surface area contributed by atoms with Crippen molar-refractivity contribution in [3.63, 3.8) is 0 Å². The summed E-state index contributed by atoms with van der Waals surface area (Å²) in [6, 6.07) is 15.4. The van der Waals surface area contributed by atoms with Gasteiger partial charge >= 0.3 is 6.03 Å². The van der Waals surface area contributed by atoms with Gasteiger partial charge in [-0.25, -0.2) is 4.79 Å². The van der Waals surface area contributed by atoms with Crippen LogP contribution in [0, 0.1) is 0 Å². The fourth-order valence-electron chi connectivity index (χ4n) is 3.01. The topological polar surface area (TPSA) is 54.0 Å². The molecule has 2 amide bonds. The van der Waals surface area contributed by atoms with E-state index in [4.69, 9.17) is 9.47 Å². The molecule has 2 aromatic rings. The Morgan fingerprint density at radius 2 is 1.56 bits per heavy atom. The monoisotopic (exact) mass is 371 g/mol. The molecule has 0 spiro atoms. The normalized spacial score (nSPS) is 11.8. The van der Waals surface area contributed by atoms with Gasteiger partial charge in [0.2, 0.25) is 0 Å². The summed E-state index contributed by atoms with van der Waals surface area (Å²) in [6.07, 6.45) is 0. The lowest BCUT2D eigenvalue weighted by Crippen LogP contribution is -2.42. The van der Waals surface area contributed by atoms with Crippen LogP contribution < -0.4 is 14.8 Å². The third kappa shape index (κ3) is 5.37. The van der Waals surface area contributed by atoms with Gasteiger partial charge in [-0.2, -0.15) is 0 Å². The Kier molecular flexibility index (Phi) is 7.49. The Morgan fingerprint density at radius 1 is 0.963 bits per heavy atom. The quantitative estimate of drug-likeness (QED) is 0.775. The van der Waals surface area contributed by atoms with Crippen molar-refractivity contribution >= 4 is 6.03 Å². The number of nitrogens with one attached hydrogen (secondary N) is 1. The maximum absolute atomic E-state index is 12.8. The lowest BCUT2D eigenvalue weighted by Gasteiger charge is -2.31. The van der Waals surface area contributed by atoms with Gasteiger partial charge in [0.15, 0.2) is 0 Å². The molecule has 0 aliphatic rings. The van der Waals surface area contributed by atoms with Gasteiger partial charge in [0, 0.05) is 13.6 Å². The molecule has 1 unspecified atom stereocenters. The smallest absolute Gasteiger partial charge is 0.317 e. The maximum Gasteiger partial charge on any atom is 0.317 e. The molecular formula is C21H29N3O3. The molecule has 0 bridgehead atoms. The summed E-state index contributed by atoms with van der Waals surface area (Å²) in [5.74, 6) is 1.37. The number of likely N-dealkylation sites (N-methyl/N-ethyl adjacent to an activating group) is 2. The van der Waals surface area contributed by atoms with Crippen LogP contribution in [0.4, 0.5) is 4.79 Å². The minimum absolute atomic E-state index is 0.0548. The van der Waals surface area contributed by atoms with E-state index in [2.05, 4.69) is 10.2 Å². The lowest BCUT2D eigenvalue weighted by atomic mass is 10.1. The van der Waals surface area contributed by atoms with Gasteiger partial charge in [-0.15, -0.1) is 0 Å². The zero-order valence-corrected chi connectivity index (χ0v) is 16.7. The number of urea groups is 1. The number of hydrogen-bond acceptors (Lipinski definition) is 4. The van der Waals surface area contributed by atoms with Crippen LogP contribution in [0.2, 0.25) is 0 Å². The number of carbonyl (C=O) groups is 1. The molecule has 0 saturated carbocycles. The van der Waals surface area contributed by atoms with Crippen LogP contribution in [-0.2, 0) is 6.54 Å². The number of amides is 2. The van der Waals surface area contributed by atoms with E-state index in [9.17, 15) is 4.79 Å². The van der Waals surface area contributed by atoms with Crippen LogP contribution in [0.5, 0.6) is 11.5 Å². The van der Waals surface area contributed by atoms with E-state index >= 15 is 0 Å². The predicted octanol–water partition coefficient (Wildman–Crippen LogP) is 3.15. The van der Waals surface area contributed by atoms with Crippen molar-refractivity contribution in [3.05, 3.63) is 59.7 Å². The number of rotatable bonds is 8. The Labute approximate surface area is 161 Å². The van der Waals surface area contributed by atoms with Crippen molar-refractivity contribution < 1.29 is 14.3 Å². The highest BCUT2D eigenvalue weighted by Crippen LogP contribution is 2.28. The molecule has 6 heteroatoms. The fraction of sp³-hybridized carbons (Fsp3) is 0.381. The molecular weight excluding hydrogens is 342 g/mol. The maximum atomic E-state index is 12.8. The number of ether oxygens (including phenoxy) is 2. The number of nitrogens with zero attached hydrogens (tertiary/aromatic N) is 2. The predicted molar refractivity (Wildman–Crippen MR) is 107 cm³/mol. The average molecular weight is 371 g/mol. The molecule has 0 saturated heterocycles. The van der Waals surface area contributed by atoms with Crippen molar-refractivity contribution in [1.82, 2.24) is 15.1 Å². The molecule has 1 N–H and O–H groups in total. The van der Waals surface area contributed by atoms with E-state index < -0.39 is 0 Å². The second kappa shape index (κ2) is 9.83. The van der Waals surface area contributed by atoms with Crippen molar-refractivity contribution in [2.75, 3.05) is 41.9 Å². The Hall–Kier alpha value is -2.73. The largest absolute Gasteiger partial charge is 0.496 e. The summed E-state index contributed by atoms with van der Waals surface area (Å²) in [7, 11) is 9.03. The van der Waals surface area contributed by atoms with E-state index in [0.29, 0.717) is 18.0 Å². The molecule has 0 radical (unpaired) electrons. The minimum atomic E-state index is -0.154. The summed E-state index contributed by atoms with van der Waals surface area (Å²) >= 11 is 0. The minimum Gasteiger partial charge on any atom is -0.496 e. The van der Waals surface area contributed by atoms with Gasteiger partial charge < -0.3 is 24.6 Å². The SMILES string of the molecule is COc1cccc(OC)c1CNC(=O)N(C)C(CN(C)C)c1ccccc1. The molecule has 0 aliphatic carbocycles. The van der Waals surface area contributed by atoms with Gasteiger partial charge in [0.25, 0.3) is 0 Å². The highest BCUT2D eigenvalue weighted by Gasteiger charge is 2.22. The van der Waals surface area contributed by atoms with E-state index in [-0.39, 0.29) is 12.1 Å². The number of benzene rings is 2. The lowest BCUT2D eigenvalue weighted by molar-refractivity contribution is 0.175. The van der Waals surface area contributed by atoms with Crippen molar-refractivity contribution in [2.24, 2.45) is 0 Å². The second-order valence-corrected chi connectivity index (χ2v) is 6.60. The second-order valence-electron chi connectivity index (χ2n) is 6.60. The summed E-state index contributed by atoms with van der Waals surface area (Å²) in [5.41, 5.74) is 1.91. The Balaban J connectivity index is 2.14. The third-order valence-electron chi connectivity index (χ3n) is 4.46. The molecule has 0 aromatic heterocycles. The first-order valence-corrected chi connectivity index (χ1v) is 8.88. The van der Waals surface area contributed by atoms with Gasteiger partial charge in [-0.05, 0) is 31.8 Å². The first-order chi connectivity index (χ1) is 13.0. The standard InChI is InChI=1S/C21H29N3O3/c1-23(2)15-18(16-10-7-6-8-11-16)24(3)21(25)22-14-17-19(26-4)12-9-13-20(17)27-5/h6-13,18H,14-15H2,1-5H3,(H,22,25). The van der Waals surface area contributed by atoms with E-state index in [0.717, 1.165) is 17.7 Å². The summed E-state index contributed by atoms with van der Waals surface area (Å²) in [5, 5.41) is 2.98. The van der Waals surface area contributed by atoms with Gasteiger partial charge in [-0.1, -0.05) is 36.4 Å². The molecule has 0 heterocycles. The number of hydrogen-bond donors (Lipinski definition) is 1. The molecule has 0 fully saturated rings. The van der Waals surface area contributed by atoms with Crippen LogP contribution >= 0.6 is 0 Å². The molecule has 1 atom stereocenters. The highest BCUT2D eigenvalue weighted by molar-refractivity contribution is 5.74. The van der Waals surface area contributed by atoms with Crippen LogP contribution in [0.25, 0.3) is 0 Å². The number of carbonyl (C=O) groups excluding carboxylic acids is 1. The first kappa shape index (κ1) is 20.6. The van der Waals surface area contributed by atoms with Crippen LogP contribution in [0.15, 0.2) is 48.5 Å². The fourth-order valence-corrected chi connectivity index (χ4v) is 3.01.